The van der Waals surface area contributed by atoms with E-state index >= 15 is 0 Å². The van der Waals surface area contributed by atoms with Crippen LogP contribution in [0.15, 0.2) is 30.5 Å². The van der Waals surface area contributed by atoms with Gasteiger partial charge in [0.1, 0.15) is 11.5 Å². The Bertz CT molecular complexity index is 699. The lowest BCUT2D eigenvalue weighted by molar-refractivity contribution is 0.293. The van der Waals surface area contributed by atoms with E-state index in [4.69, 9.17) is 10.00 Å². The van der Waals surface area contributed by atoms with Crippen LogP contribution in [0.4, 0.5) is 0 Å². The van der Waals surface area contributed by atoms with Gasteiger partial charge in [0.25, 0.3) is 0 Å². The Morgan fingerprint density at radius 1 is 1.30 bits per heavy atom. The fourth-order valence-electron chi connectivity index (χ4n) is 2.29. The van der Waals surface area contributed by atoms with Gasteiger partial charge in [-0.3, -0.25) is 4.68 Å². The monoisotopic (exact) mass is 313 g/mol. The lowest BCUT2D eigenvalue weighted by Crippen LogP contribution is -2.08. The lowest BCUT2D eigenvalue weighted by atomic mass is 9.89. The van der Waals surface area contributed by atoms with Crippen molar-refractivity contribution in [2.45, 2.75) is 33.1 Å². The van der Waals surface area contributed by atoms with Crippen LogP contribution in [-0.2, 0) is 7.05 Å². The Morgan fingerprint density at radius 3 is 2.70 bits per heavy atom. The molecular weight excluding hydrogens is 290 g/mol. The number of aromatic nitrogens is 2. The van der Waals surface area contributed by atoms with Crippen LogP contribution in [0.3, 0.4) is 0 Å². The molecule has 2 aromatic rings. The molecule has 23 heavy (non-hydrogen) atoms. The average Bonchev–Trinajstić information content (AvgIpc) is 2.93. The second kappa shape index (κ2) is 7.19. The fourth-order valence-corrected chi connectivity index (χ4v) is 2.29. The van der Waals surface area contributed by atoms with E-state index in [1.807, 2.05) is 45.3 Å². The molecule has 0 bridgehead atoms. The summed E-state index contributed by atoms with van der Waals surface area (Å²) in [5.74, 6) is 0.800. The summed E-state index contributed by atoms with van der Waals surface area (Å²) in [7, 11) is 1.84. The maximum absolute atomic E-state index is 10.1. The summed E-state index contributed by atoms with van der Waals surface area (Å²) >= 11 is 0. The Balaban J connectivity index is 1.86. The minimum Gasteiger partial charge on any atom is -0.507 e. The van der Waals surface area contributed by atoms with Gasteiger partial charge < -0.3 is 9.84 Å². The summed E-state index contributed by atoms with van der Waals surface area (Å²) in [6.07, 6.45) is 4.52. The standard InChI is InChI=1S/C18H23N3O2/c1-18(2,13-19)9-4-5-11-23-14-6-7-15(17(22)12-14)16-8-10-21(3)20-16/h6-8,10,12,22H,4-5,9,11H2,1-3H3. The first-order chi connectivity index (χ1) is 10.9. The molecule has 1 aromatic carbocycles. The Morgan fingerprint density at radius 2 is 2.09 bits per heavy atom. The first-order valence-electron chi connectivity index (χ1n) is 7.78. The zero-order chi connectivity index (χ0) is 16.9. The van der Waals surface area contributed by atoms with Gasteiger partial charge in [-0.15, -0.1) is 0 Å². The molecule has 0 fully saturated rings. The third-order valence-corrected chi connectivity index (χ3v) is 3.73. The van der Waals surface area contributed by atoms with Gasteiger partial charge in [0.05, 0.1) is 23.8 Å². The number of benzene rings is 1. The molecule has 122 valence electrons. The van der Waals surface area contributed by atoms with Crippen LogP contribution in [0, 0.1) is 16.7 Å². The molecule has 0 spiro atoms. The highest BCUT2D eigenvalue weighted by Crippen LogP contribution is 2.31. The van der Waals surface area contributed by atoms with Crippen molar-refractivity contribution >= 4 is 0 Å². The quantitative estimate of drug-likeness (QED) is 0.787. The van der Waals surface area contributed by atoms with Crippen molar-refractivity contribution in [3.8, 4) is 28.8 Å². The Hall–Kier alpha value is -2.48. The highest BCUT2D eigenvalue weighted by Gasteiger charge is 2.15. The van der Waals surface area contributed by atoms with E-state index in [0.29, 0.717) is 17.9 Å². The number of nitrogens with zero attached hydrogens (tertiary/aromatic N) is 3. The molecule has 0 saturated carbocycles. The molecule has 0 aliphatic carbocycles. The van der Waals surface area contributed by atoms with E-state index in [1.165, 1.54) is 0 Å². The zero-order valence-corrected chi connectivity index (χ0v) is 13.9. The molecular formula is C18H23N3O2. The molecule has 0 unspecified atom stereocenters. The van der Waals surface area contributed by atoms with E-state index in [-0.39, 0.29) is 11.2 Å². The number of nitriles is 1. The molecule has 0 aliphatic heterocycles. The summed E-state index contributed by atoms with van der Waals surface area (Å²) in [6.45, 7) is 4.47. The minimum absolute atomic E-state index is 0.159. The van der Waals surface area contributed by atoms with Crippen LogP contribution in [0.5, 0.6) is 11.5 Å². The predicted octanol–water partition coefficient (Wildman–Crippen LogP) is 3.89. The molecule has 5 nitrogen and oxygen atoms in total. The summed E-state index contributed by atoms with van der Waals surface area (Å²) < 4.78 is 7.36. The summed E-state index contributed by atoms with van der Waals surface area (Å²) in [5.41, 5.74) is 1.15. The average molecular weight is 313 g/mol. The molecule has 5 heteroatoms. The lowest BCUT2D eigenvalue weighted by Gasteiger charge is -2.14. The van der Waals surface area contributed by atoms with Gasteiger partial charge in [-0.05, 0) is 51.3 Å². The third-order valence-electron chi connectivity index (χ3n) is 3.73. The fraction of sp³-hybridized carbons (Fsp3) is 0.444. The number of phenols is 1. The molecule has 2 rings (SSSR count). The van der Waals surface area contributed by atoms with Gasteiger partial charge in [0, 0.05) is 24.9 Å². The van der Waals surface area contributed by atoms with E-state index in [9.17, 15) is 5.11 Å². The molecule has 0 amide bonds. The SMILES string of the molecule is Cn1ccc(-c2ccc(OCCCCC(C)(C)C#N)cc2O)n1. The summed E-state index contributed by atoms with van der Waals surface area (Å²) in [6, 6.07) is 9.41. The van der Waals surface area contributed by atoms with Gasteiger partial charge in [0.2, 0.25) is 0 Å². The minimum atomic E-state index is -0.275. The second-order valence-corrected chi connectivity index (χ2v) is 6.35. The van der Waals surface area contributed by atoms with E-state index in [0.717, 1.165) is 25.0 Å². The van der Waals surface area contributed by atoms with Crippen LogP contribution >= 0.6 is 0 Å². The van der Waals surface area contributed by atoms with Crippen molar-refractivity contribution in [3.63, 3.8) is 0 Å². The van der Waals surface area contributed by atoms with Gasteiger partial charge in [-0.1, -0.05) is 0 Å². The van der Waals surface area contributed by atoms with Crippen molar-refractivity contribution in [1.29, 1.82) is 5.26 Å². The van der Waals surface area contributed by atoms with Crippen LogP contribution in [0.2, 0.25) is 0 Å². The third kappa shape index (κ3) is 4.75. The molecule has 1 heterocycles. The van der Waals surface area contributed by atoms with Gasteiger partial charge in [0.15, 0.2) is 0 Å². The van der Waals surface area contributed by atoms with Crippen LogP contribution in [0.1, 0.15) is 33.1 Å². The van der Waals surface area contributed by atoms with Gasteiger partial charge in [-0.25, -0.2) is 0 Å². The number of aromatic hydroxyl groups is 1. The van der Waals surface area contributed by atoms with E-state index in [1.54, 1.807) is 10.7 Å². The highest BCUT2D eigenvalue weighted by atomic mass is 16.5. The predicted molar refractivity (Wildman–Crippen MR) is 89.0 cm³/mol. The maximum Gasteiger partial charge on any atom is 0.128 e. The van der Waals surface area contributed by atoms with Crippen molar-refractivity contribution < 1.29 is 9.84 Å². The summed E-state index contributed by atoms with van der Waals surface area (Å²) in [5, 5.41) is 23.4. The normalized spacial score (nSPS) is 11.2. The Labute approximate surface area is 137 Å². The Kier molecular flexibility index (Phi) is 5.28. The smallest absolute Gasteiger partial charge is 0.128 e. The van der Waals surface area contributed by atoms with Crippen molar-refractivity contribution in [1.82, 2.24) is 9.78 Å². The van der Waals surface area contributed by atoms with Crippen LogP contribution < -0.4 is 4.74 Å². The molecule has 1 N–H and O–H groups in total. The summed E-state index contributed by atoms with van der Waals surface area (Å²) in [4.78, 5) is 0. The van der Waals surface area contributed by atoms with Crippen molar-refractivity contribution in [2.75, 3.05) is 6.61 Å². The zero-order valence-electron chi connectivity index (χ0n) is 13.9. The number of unbranched alkanes of at least 4 members (excludes halogenated alkanes) is 1. The number of hydrogen-bond donors (Lipinski definition) is 1. The number of ether oxygens (including phenoxy) is 1. The van der Waals surface area contributed by atoms with E-state index < -0.39 is 0 Å². The van der Waals surface area contributed by atoms with Gasteiger partial charge >= 0.3 is 0 Å². The van der Waals surface area contributed by atoms with E-state index in [2.05, 4.69) is 11.2 Å². The number of hydrogen-bond acceptors (Lipinski definition) is 4. The number of phenolic OH excluding ortho intramolecular Hbond substituents is 1. The highest BCUT2D eigenvalue weighted by molar-refractivity contribution is 5.67. The number of rotatable bonds is 7. The van der Waals surface area contributed by atoms with Crippen LogP contribution in [0.25, 0.3) is 11.3 Å². The molecule has 1 aromatic heterocycles. The van der Waals surface area contributed by atoms with Crippen LogP contribution in [-0.4, -0.2) is 21.5 Å². The largest absolute Gasteiger partial charge is 0.507 e. The maximum atomic E-state index is 10.1. The molecule has 0 aliphatic rings. The van der Waals surface area contributed by atoms with Gasteiger partial charge in [-0.2, -0.15) is 10.4 Å². The molecule has 0 saturated heterocycles. The molecule has 0 radical (unpaired) electrons. The second-order valence-electron chi connectivity index (χ2n) is 6.35. The first-order valence-corrected chi connectivity index (χ1v) is 7.78. The topological polar surface area (TPSA) is 71.1 Å². The molecule has 0 atom stereocenters. The first kappa shape index (κ1) is 16.9. The van der Waals surface area contributed by atoms with Crippen molar-refractivity contribution in [3.05, 3.63) is 30.5 Å². The number of aryl methyl sites for hydroxylation is 1. The van der Waals surface area contributed by atoms with Crippen molar-refractivity contribution in [2.24, 2.45) is 12.5 Å².